The first-order chi connectivity index (χ1) is 9.85. The van der Waals surface area contributed by atoms with Crippen LogP contribution in [0.25, 0.3) is 0 Å². The molecule has 2 rings (SSSR count). The van der Waals surface area contributed by atoms with Crippen molar-refractivity contribution in [1.82, 2.24) is 4.98 Å². The van der Waals surface area contributed by atoms with Crippen molar-refractivity contribution in [2.75, 3.05) is 10.1 Å². The fourth-order valence-electron chi connectivity index (χ4n) is 1.54. The summed E-state index contributed by atoms with van der Waals surface area (Å²) in [5.41, 5.74) is 2.04. The average Bonchev–Trinajstić information content (AvgIpc) is 2.43. The SMILES string of the molecule is NNc1ncccc1S(=O)(=O)Nc1c(Cl)cc(F)cc1Cl. The van der Waals surface area contributed by atoms with Crippen molar-refractivity contribution in [1.29, 1.82) is 0 Å². The number of nitrogens with two attached hydrogens (primary N) is 1. The lowest BCUT2D eigenvalue weighted by atomic mass is 10.3. The Bertz CT molecular complexity index is 763. The Kier molecular flexibility index (Phi) is 4.52. The first-order valence-corrected chi connectivity index (χ1v) is 7.68. The fraction of sp³-hybridized carbons (Fsp3) is 0. The number of rotatable bonds is 4. The molecule has 21 heavy (non-hydrogen) atoms. The molecule has 4 N–H and O–H groups in total. The number of pyridine rings is 1. The van der Waals surface area contributed by atoms with Gasteiger partial charge < -0.3 is 5.43 Å². The Morgan fingerprint density at radius 3 is 2.43 bits per heavy atom. The van der Waals surface area contributed by atoms with Gasteiger partial charge in [0.2, 0.25) is 0 Å². The first kappa shape index (κ1) is 15.8. The number of aromatic nitrogens is 1. The number of sulfonamides is 1. The minimum atomic E-state index is -4.06. The highest BCUT2D eigenvalue weighted by Gasteiger charge is 2.22. The largest absolute Gasteiger partial charge is 0.307 e. The van der Waals surface area contributed by atoms with Crippen molar-refractivity contribution in [3.63, 3.8) is 0 Å². The van der Waals surface area contributed by atoms with Crippen LogP contribution in [0.15, 0.2) is 35.4 Å². The molecular weight excluding hydrogens is 342 g/mol. The lowest BCUT2D eigenvalue weighted by molar-refractivity contribution is 0.601. The third-order valence-electron chi connectivity index (χ3n) is 2.44. The number of nitrogens with zero attached hydrogens (tertiary/aromatic N) is 1. The molecule has 0 bridgehead atoms. The summed E-state index contributed by atoms with van der Waals surface area (Å²) in [7, 11) is -4.06. The topological polar surface area (TPSA) is 97.1 Å². The lowest BCUT2D eigenvalue weighted by Gasteiger charge is -2.13. The van der Waals surface area contributed by atoms with Crippen LogP contribution < -0.4 is 16.0 Å². The summed E-state index contributed by atoms with van der Waals surface area (Å²) in [6.07, 6.45) is 1.37. The summed E-state index contributed by atoms with van der Waals surface area (Å²) < 4.78 is 39.9. The van der Waals surface area contributed by atoms with Crippen LogP contribution in [0, 0.1) is 5.82 Å². The number of hydrogen-bond donors (Lipinski definition) is 3. The number of benzene rings is 1. The number of nitrogen functional groups attached to an aromatic ring is 1. The zero-order valence-electron chi connectivity index (χ0n) is 10.3. The second-order valence-corrected chi connectivity index (χ2v) is 6.31. The molecule has 0 atom stereocenters. The monoisotopic (exact) mass is 350 g/mol. The Morgan fingerprint density at radius 1 is 1.24 bits per heavy atom. The van der Waals surface area contributed by atoms with Crippen molar-refractivity contribution in [2.24, 2.45) is 5.84 Å². The molecule has 1 aromatic carbocycles. The molecule has 1 heterocycles. The summed E-state index contributed by atoms with van der Waals surface area (Å²) in [6, 6.07) is 4.59. The van der Waals surface area contributed by atoms with E-state index in [0.29, 0.717) is 0 Å². The van der Waals surface area contributed by atoms with Gasteiger partial charge in [-0.25, -0.2) is 23.6 Å². The zero-order chi connectivity index (χ0) is 15.6. The minimum absolute atomic E-state index is 0.0562. The molecule has 6 nitrogen and oxygen atoms in total. The van der Waals surface area contributed by atoms with Gasteiger partial charge in [-0.15, -0.1) is 0 Å². The molecule has 0 saturated carbocycles. The maximum Gasteiger partial charge on any atom is 0.265 e. The predicted molar refractivity (Wildman–Crippen MR) is 79.3 cm³/mol. The van der Waals surface area contributed by atoms with Crippen LogP contribution in [0.5, 0.6) is 0 Å². The molecule has 0 aliphatic carbocycles. The highest BCUT2D eigenvalue weighted by atomic mass is 35.5. The number of hydrazine groups is 1. The third-order valence-corrected chi connectivity index (χ3v) is 4.42. The standard InChI is InChI=1S/C11H9Cl2FN4O2S/c12-7-4-6(14)5-8(13)10(7)18-21(19,20)9-2-1-3-16-11(9)17-15/h1-5,18H,15H2,(H,16,17). The minimum Gasteiger partial charge on any atom is -0.307 e. The van der Waals surface area contributed by atoms with Crippen LogP contribution >= 0.6 is 23.2 Å². The fourth-order valence-corrected chi connectivity index (χ4v) is 3.43. The summed E-state index contributed by atoms with van der Waals surface area (Å²) in [5.74, 6) is 4.48. The van der Waals surface area contributed by atoms with E-state index in [9.17, 15) is 12.8 Å². The van der Waals surface area contributed by atoms with E-state index in [1.54, 1.807) is 0 Å². The highest BCUT2D eigenvalue weighted by molar-refractivity contribution is 7.93. The molecule has 2 aromatic rings. The summed E-state index contributed by atoms with van der Waals surface area (Å²) in [4.78, 5) is 3.58. The van der Waals surface area contributed by atoms with Gasteiger partial charge >= 0.3 is 0 Å². The summed E-state index contributed by atoms with van der Waals surface area (Å²) >= 11 is 11.6. The summed E-state index contributed by atoms with van der Waals surface area (Å²) in [5, 5.41) is -0.343. The Hall–Kier alpha value is -1.61. The quantitative estimate of drug-likeness (QED) is 0.581. The van der Waals surface area contributed by atoms with E-state index in [0.717, 1.165) is 12.1 Å². The normalized spacial score (nSPS) is 11.2. The van der Waals surface area contributed by atoms with Crippen molar-refractivity contribution < 1.29 is 12.8 Å². The van der Waals surface area contributed by atoms with E-state index in [-0.39, 0.29) is 26.4 Å². The summed E-state index contributed by atoms with van der Waals surface area (Å²) in [6.45, 7) is 0. The van der Waals surface area contributed by atoms with Crippen molar-refractivity contribution >= 4 is 44.7 Å². The van der Waals surface area contributed by atoms with Crippen LogP contribution in [0.1, 0.15) is 0 Å². The molecule has 0 saturated heterocycles. The van der Waals surface area contributed by atoms with E-state index in [2.05, 4.69) is 15.1 Å². The highest BCUT2D eigenvalue weighted by Crippen LogP contribution is 2.33. The van der Waals surface area contributed by atoms with E-state index in [1.807, 2.05) is 0 Å². The van der Waals surface area contributed by atoms with Crippen LogP contribution in [-0.4, -0.2) is 13.4 Å². The maximum atomic E-state index is 13.1. The average molecular weight is 351 g/mol. The van der Waals surface area contributed by atoms with E-state index in [4.69, 9.17) is 29.0 Å². The molecule has 0 radical (unpaired) electrons. The predicted octanol–water partition coefficient (Wildman–Crippen LogP) is 2.61. The molecule has 0 aliphatic heterocycles. The molecule has 0 spiro atoms. The van der Waals surface area contributed by atoms with Gasteiger partial charge in [-0.2, -0.15) is 0 Å². The molecule has 0 fully saturated rings. The van der Waals surface area contributed by atoms with Gasteiger partial charge in [-0.1, -0.05) is 23.2 Å². The van der Waals surface area contributed by atoms with Gasteiger partial charge in [-0.3, -0.25) is 4.72 Å². The van der Waals surface area contributed by atoms with Gasteiger partial charge in [0.15, 0.2) is 5.82 Å². The molecule has 1 aromatic heterocycles. The number of halogens is 3. The van der Waals surface area contributed by atoms with Crippen LogP contribution in [0.2, 0.25) is 10.0 Å². The lowest BCUT2D eigenvalue weighted by Crippen LogP contribution is -2.18. The van der Waals surface area contributed by atoms with Crippen LogP contribution in [-0.2, 0) is 10.0 Å². The van der Waals surface area contributed by atoms with Gasteiger partial charge in [-0.05, 0) is 24.3 Å². The zero-order valence-corrected chi connectivity index (χ0v) is 12.6. The van der Waals surface area contributed by atoms with Crippen molar-refractivity contribution in [3.8, 4) is 0 Å². The van der Waals surface area contributed by atoms with Crippen LogP contribution in [0.3, 0.4) is 0 Å². The number of anilines is 2. The second-order valence-electron chi connectivity index (χ2n) is 3.84. The van der Waals surface area contributed by atoms with E-state index < -0.39 is 15.8 Å². The third kappa shape index (κ3) is 3.35. The van der Waals surface area contributed by atoms with Gasteiger partial charge in [0, 0.05) is 6.20 Å². The van der Waals surface area contributed by atoms with Gasteiger partial charge in [0.05, 0.1) is 15.7 Å². The Labute approximate surface area is 130 Å². The van der Waals surface area contributed by atoms with Gasteiger partial charge in [0.1, 0.15) is 10.7 Å². The smallest absolute Gasteiger partial charge is 0.265 e. The maximum absolute atomic E-state index is 13.1. The van der Waals surface area contributed by atoms with Gasteiger partial charge in [0.25, 0.3) is 10.0 Å². The molecular formula is C11H9Cl2FN4O2S. The molecule has 0 aliphatic rings. The molecule has 10 heteroatoms. The Morgan fingerprint density at radius 2 is 1.86 bits per heavy atom. The molecule has 0 amide bonds. The molecule has 0 unspecified atom stereocenters. The number of hydrogen-bond acceptors (Lipinski definition) is 5. The van der Waals surface area contributed by atoms with Crippen LogP contribution in [0.4, 0.5) is 15.9 Å². The second kappa shape index (κ2) is 6.02. The van der Waals surface area contributed by atoms with Crippen molar-refractivity contribution in [2.45, 2.75) is 4.90 Å². The molecule has 112 valence electrons. The first-order valence-electron chi connectivity index (χ1n) is 5.44. The Balaban J connectivity index is 2.48. The van der Waals surface area contributed by atoms with Crippen molar-refractivity contribution in [3.05, 3.63) is 46.3 Å². The van der Waals surface area contributed by atoms with E-state index >= 15 is 0 Å². The number of nitrogens with one attached hydrogen (secondary N) is 2. The van der Waals surface area contributed by atoms with E-state index in [1.165, 1.54) is 18.3 Å².